The van der Waals surface area contributed by atoms with Gasteiger partial charge in [-0.3, -0.25) is 4.55 Å². The molecule has 1 aromatic rings. The molecule has 21 heavy (non-hydrogen) atoms. The van der Waals surface area contributed by atoms with Crippen LogP contribution in [0.1, 0.15) is 6.42 Å². The Morgan fingerprint density at radius 3 is 2.62 bits per heavy atom. The minimum Gasteiger partial charge on any atom is -0.398 e. The first-order chi connectivity index (χ1) is 9.75. The van der Waals surface area contributed by atoms with Gasteiger partial charge in [-0.15, -0.1) is 0 Å². The van der Waals surface area contributed by atoms with Crippen molar-refractivity contribution in [2.24, 2.45) is 5.73 Å². The first-order valence-corrected chi connectivity index (χ1v) is 6.98. The van der Waals surface area contributed by atoms with Gasteiger partial charge in [-0.1, -0.05) is 6.08 Å². The largest absolute Gasteiger partial charge is 0.398 e. The number of nitrogens with one attached hydrogen (secondary N) is 1. The first-order valence-electron chi connectivity index (χ1n) is 5.54. The zero-order chi connectivity index (χ0) is 15.6. The highest BCUT2D eigenvalue weighted by Gasteiger charge is 2.17. The molecule has 0 spiro atoms. The predicted octanol–water partition coefficient (Wildman–Crippen LogP) is -0.0933. The number of hydrogen-bond donors (Lipinski definition) is 4. The Hall–Kier alpha value is -2.53. The monoisotopic (exact) mass is 314 g/mol. The van der Waals surface area contributed by atoms with E-state index in [1.54, 1.807) is 0 Å². The number of rotatable bonds is 3. The van der Waals surface area contributed by atoms with Gasteiger partial charge in [0.05, 0.1) is 5.70 Å². The topological polar surface area (TPSA) is 157 Å². The Morgan fingerprint density at radius 1 is 1.29 bits per heavy atom. The van der Waals surface area contributed by atoms with Gasteiger partial charge < -0.3 is 16.8 Å². The lowest BCUT2D eigenvalue weighted by Gasteiger charge is -2.07. The number of aromatic nitrogens is 3. The zero-order valence-electron chi connectivity index (χ0n) is 10.5. The van der Waals surface area contributed by atoms with Crippen molar-refractivity contribution in [3.05, 3.63) is 40.6 Å². The van der Waals surface area contributed by atoms with E-state index in [4.69, 9.17) is 16.0 Å². The maximum absolute atomic E-state index is 13.0. The number of hydrogen-bond acceptors (Lipinski definition) is 8. The van der Waals surface area contributed by atoms with Gasteiger partial charge in [0.25, 0.3) is 10.1 Å². The van der Waals surface area contributed by atoms with Crippen LogP contribution in [-0.2, 0) is 10.1 Å². The fourth-order valence-electron chi connectivity index (χ4n) is 1.59. The Balaban J connectivity index is 2.34. The van der Waals surface area contributed by atoms with Crippen molar-refractivity contribution in [2.45, 2.75) is 6.42 Å². The predicted molar refractivity (Wildman–Crippen MR) is 72.4 cm³/mol. The highest BCUT2D eigenvalue weighted by molar-refractivity contribution is 7.90. The van der Waals surface area contributed by atoms with E-state index in [1.165, 1.54) is 12.2 Å². The summed E-state index contributed by atoms with van der Waals surface area (Å²) in [6.45, 7) is 0. The lowest BCUT2D eigenvalue weighted by atomic mass is 10.3. The van der Waals surface area contributed by atoms with E-state index >= 15 is 0 Å². The van der Waals surface area contributed by atoms with Crippen molar-refractivity contribution in [1.82, 2.24) is 15.0 Å². The minimum atomic E-state index is -4.43. The highest BCUT2D eigenvalue weighted by atomic mass is 32.2. The molecule has 6 N–H and O–H groups in total. The Labute approximate surface area is 119 Å². The smallest absolute Gasteiger partial charge is 0.315 e. The van der Waals surface area contributed by atoms with Crippen LogP contribution in [0.2, 0.25) is 0 Å². The standard InChI is InChI=1S/C10H11FN6O3S/c11-8-15-9(13)17-10(16-8)14-5-2-1-3-7(6(12)4-5)21(18,19)20/h1,3-4H,2,12H2,(H,18,19,20)(H3,13,14,15,16,17). The maximum Gasteiger partial charge on any atom is 0.315 e. The second-order valence-electron chi connectivity index (χ2n) is 3.98. The third-order valence-corrected chi connectivity index (χ3v) is 3.32. The summed E-state index contributed by atoms with van der Waals surface area (Å²) in [5.74, 6) is -0.459. The van der Waals surface area contributed by atoms with Gasteiger partial charge in [-0.2, -0.15) is 27.8 Å². The molecular formula is C10H11FN6O3S. The molecule has 0 unspecified atom stereocenters. The lowest BCUT2D eigenvalue weighted by molar-refractivity contribution is 0.492. The van der Waals surface area contributed by atoms with Crippen LogP contribution in [0.3, 0.4) is 0 Å². The van der Waals surface area contributed by atoms with Crippen LogP contribution in [0.5, 0.6) is 0 Å². The molecule has 1 aliphatic carbocycles. The number of nitrogens with zero attached hydrogens (tertiary/aromatic N) is 3. The average Bonchev–Trinajstić information content (AvgIpc) is 2.48. The number of nitrogens with two attached hydrogens (primary N) is 2. The number of allylic oxidation sites excluding steroid dienone is 3. The number of halogens is 1. The molecule has 0 aliphatic heterocycles. The van der Waals surface area contributed by atoms with Crippen molar-refractivity contribution in [3.8, 4) is 0 Å². The van der Waals surface area contributed by atoms with Crippen LogP contribution >= 0.6 is 0 Å². The van der Waals surface area contributed by atoms with Crippen molar-refractivity contribution in [1.29, 1.82) is 0 Å². The van der Waals surface area contributed by atoms with Crippen molar-refractivity contribution < 1.29 is 17.4 Å². The van der Waals surface area contributed by atoms with Gasteiger partial charge in [0.15, 0.2) is 0 Å². The van der Waals surface area contributed by atoms with E-state index in [0.29, 0.717) is 5.70 Å². The molecule has 0 radical (unpaired) electrons. The fraction of sp³-hybridized carbons (Fsp3) is 0.100. The van der Waals surface area contributed by atoms with Gasteiger partial charge in [-0.05, 0) is 12.2 Å². The molecule has 11 heteroatoms. The van der Waals surface area contributed by atoms with E-state index in [-0.39, 0.29) is 24.0 Å². The van der Waals surface area contributed by atoms with Gasteiger partial charge in [0, 0.05) is 12.1 Å². The molecule has 2 rings (SSSR count). The van der Waals surface area contributed by atoms with Gasteiger partial charge >= 0.3 is 6.08 Å². The Kier molecular flexibility index (Phi) is 3.86. The van der Waals surface area contributed by atoms with Crippen LogP contribution in [0.4, 0.5) is 16.3 Å². The Bertz CT molecular complexity index is 751. The second-order valence-corrected chi connectivity index (χ2v) is 5.37. The molecule has 0 atom stereocenters. The SMILES string of the molecule is NC1=C(S(=O)(=O)O)C=CCC(Nc2nc(N)nc(F)n2)=C1. The third-order valence-electron chi connectivity index (χ3n) is 2.40. The average molecular weight is 314 g/mol. The number of nitrogen functional groups attached to an aromatic ring is 1. The van der Waals surface area contributed by atoms with E-state index in [2.05, 4.69) is 20.3 Å². The molecule has 0 fully saturated rings. The molecule has 1 aliphatic rings. The zero-order valence-corrected chi connectivity index (χ0v) is 11.3. The summed E-state index contributed by atoms with van der Waals surface area (Å²) in [4.78, 5) is 9.79. The summed E-state index contributed by atoms with van der Waals surface area (Å²) in [6, 6.07) is 0. The molecule has 9 nitrogen and oxygen atoms in total. The highest BCUT2D eigenvalue weighted by Crippen LogP contribution is 2.19. The molecule has 0 amide bonds. The normalized spacial score (nSPS) is 15.6. The lowest BCUT2D eigenvalue weighted by Crippen LogP contribution is -2.10. The fourth-order valence-corrected chi connectivity index (χ4v) is 2.22. The Morgan fingerprint density at radius 2 is 2.00 bits per heavy atom. The van der Waals surface area contributed by atoms with Gasteiger partial charge in [-0.25, -0.2) is 0 Å². The summed E-state index contributed by atoms with van der Waals surface area (Å²) in [6.07, 6.45) is 3.05. The molecule has 112 valence electrons. The number of anilines is 2. The third kappa shape index (κ3) is 3.73. The quantitative estimate of drug-likeness (QED) is 0.559. The summed E-state index contributed by atoms with van der Waals surface area (Å²) >= 11 is 0. The summed E-state index contributed by atoms with van der Waals surface area (Å²) in [7, 11) is -4.43. The van der Waals surface area contributed by atoms with Gasteiger partial charge in [0.1, 0.15) is 4.91 Å². The van der Waals surface area contributed by atoms with E-state index in [0.717, 1.165) is 6.08 Å². The second kappa shape index (κ2) is 5.46. The van der Waals surface area contributed by atoms with Crippen LogP contribution in [0.25, 0.3) is 0 Å². The van der Waals surface area contributed by atoms with E-state index in [1.807, 2.05) is 0 Å². The molecule has 0 aromatic carbocycles. The van der Waals surface area contributed by atoms with Crippen LogP contribution < -0.4 is 16.8 Å². The van der Waals surface area contributed by atoms with Crippen molar-refractivity contribution in [2.75, 3.05) is 11.1 Å². The molecule has 0 saturated heterocycles. The van der Waals surface area contributed by atoms with Gasteiger partial charge in [0.2, 0.25) is 11.9 Å². The van der Waals surface area contributed by atoms with Crippen molar-refractivity contribution >= 4 is 22.0 Å². The minimum absolute atomic E-state index is 0.150. The maximum atomic E-state index is 13.0. The summed E-state index contributed by atoms with van der Waals surface area (Å²) in [5.41, 5.74) is 11.1. The van der Waals surface area contributed by atoms with Crippen LogP contribution in [0.15, 0.2) is 34.5 Å². The van der Waals surface area contributed by atoms with E-state index < -0.39 is 21.1 Å². The molecule has 0 bridgehead atoms. The summed E-state index contributed by atoms with van der Waals surface area (Å²) < 4.78 is 44.3. The molecular weight excluding hydrogens is 303 g/mol. The first kappa shape index (κ1) is 14.9. The van der Waals surface area contributed by atoms with E-state index in [9.17, 15) is 12.8 Å². The molecule has 1 heterocycles. The van der Waals surface area contributed by atoms with Crippen molar-refractivity contribution in [3.63, 3.8) is 0 Å². The van der Waals surface area contributed by atoms with Crippen LogP contribution in [-0.4, -0.2) is 27.9 Å². The molecule has 0 saturated carbocycles. The molecule has 1 aromatic heterocycles. The summed E-state index contributed by atoms with van der Waals surface area (Å²) in [5, 5.41) is 2.64. The van der Waals surface area contributed by atoms with Crippen LogP contribution in [0, 0.1) is 6.08 Å².